The molecule has 0 saturated carbocycles. The van der Waals surface area contributed by atoms with E-state index in [1.54, 1.807) is 7.11 Å². The number of ether oxygens (including phenoxy) is 1. The normalized spacial score (nSPS) is 26.0. The fourth-order valence-electron chi connectivity index (χ4n) is 2.49. The summed E-state index contributed by atoms with van der Waals surface area (Å²) >= 11 is 0. The van der Waals surface area contributed by atoms with Gasteiger partial charge < -0.3 is 19.8 Å². The molecule has 0 bridgehead atoms. The molecule has 1 saturated heterocycles. The third-order valence-electron chi connectivity index (χ3n) is 3.55. The molecule has 0 aliphatic carbocycles. The molecule has 1 aliphatic rings. The number of hydrogen-bond acceptors (Lipinski definition) is 4. The van der Waals surface area contributed by atoms with E-state index in [2.05, 4.69) is 4.90 Å². The van der Waals surface area contributed by atoms with Gasteiger partial charge in [-0.25, -0.2) is 0 Å². The van der Waals surface area contributed by atoms with Crippen molar-refractivity contribution in [3.63, 3.8) is 0 Å². The number of aliphatic carboxylic acids is 1. The Balaban J connectivity index is 2.46. The monoisotopic (exact) mass is 245 g/mol. The van der Waals surface area contributed by atoms with Crippen molar-refractivity contribution in [1.82, 2.24) is 4.90 Å². The quantitative estimate of drug-likeness (QED) is 0.686. The highest BCUT2D eigenvalue weighted by atomic mass is 16.5. The molecule has 5 heteroatoms. The molecule has 0 radical (unpaired) electrons. The van der Waals surface area contributed by atoms with E-state index < -0.39 is 5.97 Å². The van der Waals surface area contributed by atoms with Crippen LogP contribution in [0.5, 0.6) is 0 Å². The van der Waals surface area contributed by atoms with Gasteiger partial charge in [0.25, 0.3) is 0 Å². The average Bonchev–Trinajstić information content (AvgIpc) is 2.34. The van der Waals surface area contributed by atoms with Crippen LogP contribution < -0.4 is 0 Å². The Morgan fingerprint density at radius 3 is 2.88 bits per heavy atom. The molecule has 100 valence electrons. The van der Waals surface area contributed by atoms with Crippen LogP contribution in [0.25, 0.3) is 0 Å². The number of methoxy groups -OCH3 is 1. The van der Waals surface area contributed by atoms with E-state index in [1.165, 1.54) is 0 Å². The Morgan fingerprint density at radius 2 is 2.29 bits per heavy atom. The number of carbonyl (C=O) groups is 1. The predicted octanol–water partition coefficient (Wildman–Crippen LogP) is 0.572. The van der Waals surface area contributed by atoms with Crippen LogP contribution in [-0.4, -0.2) is 61.0 Å². The number of likely N-dealkylation sites (tertiary alicyclic amines) is 1. The second-order valence-corrected chi connectivity index (χ2v) is 4.92. The van der Waals surface area contributed by atoms with E-state index in [4.69, 9.17) is 9.84 Å². The van der Waals surface area contributed by atoms with Crippen molar-refractivity contribution >= 4 is 5.97 Å². The maximum Gasteiger partial charge on any atom is 0.304 e. The van der Waals surface area contributed by atoms with Crippen molar-refractivity contribution in [2.75, 3.05) is 40.0 Å². The van der Waals surface area contributed by atoms with Crippen LogP contribution in [0, 0.1) is 5.41 Å². The number of nitrogens with zero attached hydrogens (tertiary/aromatic N) is 1. The first-order valence-electron chi connectivity index (χ1n) is 6.16. The lowest BCUT2D eigenvalue weighted by Crippen LogP contribution is -2.46. The third kappa shape index (κ3) is 4.61. The van der Waals surface area contributed by atoms with E-state index in [9.17, 15) is 9.90 Å². The van der Waals surface area contributed by atoms with Gasteiger partial charge in [-0.3, -0.25) is 4.79 Å². The number of aliphatic hydroxyl groups excluding tert-OH is 1. The van der Waals surface area contributed by atoms with E-state index in [-0.39, 0.29) is 18.4 Å². The van der Waals surface area contributed by atoms with Crippen LogP contribution in [0.15, 0.2) is 0 Å². The van der Waals surface area contributed by atoms with Gasteiger partial charge >= 0.3 is 5.97 Å². The lowest BCUT2D eigenvalue weighted by atomic mass is 9.78. The lowest BCUT2D eigenvalue weighted by molar-refractivity contribution is -0.137. The lowest BCUT2D eigenvalue weighted by Gasteiger charge is -2.41. The molecule has 0 spiro atoms. The summed E-state index contributed by atoms with van der Waals surface area (Å²) in [6.07, 6.45) is 3.02. The summed E-state index contributed by atoms with van der Waals surface area (Å²) in [5, 5.41) is 18.2. The van der Waals surface area contributed by atoms with Gasteiger partial charge in [-0.2, -0.15) is 0 Å². The van der Waals surface area contributed by atoms with Crippen LogP contribution >= 0.6 is 0 Å². The molecule has 1 unspecified atom stereocenters. The van der Waals surface area contributed by atoms with Gasteiger partial charge in [0.15, 0.2) is 0 Å². The molecule has 1 aliphatic heterocycles. The Bertz CT molecular complexity index is 247. The number of rotatable bonds is 7. The van der Waals surface area contributed by atoms with E-state index >= 15 is 0 Å². The van der Waals surface area contributed by atoms with Crippen molar-refractivity contribution in [2.45, 2.75) is 25.7 Å². The first-order chi connectivity index (χ1) is 8.12. The summed E-state index contributed by atoms with van der Waals surface area (Å²) in [4.78, 5) is 12.7. The second kappa shape index (κ2) is 6.93. The van der Waals surface area contributed by atoms with Crippen molar-refractivity contribution in [2.24, 2.45) is 5.41 Å². The first kappa shape index (κ1) is 14.4. The molecular formula is C12H23NO4. The van der Waals surface area contributed by atoms with Crippen molar-refractivity contribution < 1.29 is 19.7 Å². The van der Waals surface area contributed by atoms with Gasteiger partial charge in [0, 0.05) is 32.2 Å². The number of carboxylic acids is 1. The van der Waals surface area contributed by atoms with Gasteiger partial charge in [-0.05, 0) is 25.8 Å². The van der Waals surface area contributed by atoms with Crippen LogP contribution in [-0.2, 0) is 9.53 Å². The smallest absolute Gasteiger partial charge is 0.304 e. The number of piperidine rings is 1. The summed E-state index contributed by atoms with van der Waals surface area (Å²) < 4.78 is 5.08. The molecule has 1 heterocycles. The molecule has 1 fully saturated rings. The molecule has 1 rings (SSSR count). The Morgan fingerprint density at radius 1 is 1.53 bits per heavy atom. The maximum atomic E-state index is 10.5. The fourth-order valence-corrected chi connectivity index (χ4v) is 2.49. The molecular weight excluding hydrogens is 222 g/mol. The summed E-state index contributed by atoms with van der Waals surface area (Å²) in [6, 6.07) is 0. The van der Waals surface area contributed by atoms with Crippen LogP contribution in [0.4, 0.5) is 0 Å². The third-order valence-corrected chi connectivity index (χ3v) is 3.55. The highest BCUT2D eigenvalue weighted by Crippen LogP contribution is 2.33. The van der Waals surface area contributed by atoms with Crippen molar-refractivity contribution in [3.8, 4) is 0 Å². The molecule has 17 heavy (non-hydrogen) atoms. The Hall–Kier alpha value is -0.650. The summed E-state index contributed by atoms with van der Waals surface area (Å²) in [5.41, 5.74) is -0.104. The standard InChI is InChI=1S/C12H23NO4/c1-17-8-5-12(10-14)4-2-6-13(9-12)7-3-11(15)16/h14H,2-10H2,1H3,(H,15,16). The van der Waals surface area contributed by atoms with Gasteiger partial charge in [0.1, 0.15) is 0 Å². The van der Waals surface area contributed by atoms with Crippen LogP contribution in [0.2, 0.25) is 0 Å². The average molecular weight is 245 g/mol. The number of carboxylic acid groups (broad SMARTS) is 1. The van der Waals surface area contributed by atoms with Gasteiger partial charge in [-0.15, -0.1) is 0 Å². The number of aliphatic hydroxyl groups is 1. The molecule has 0 aromatic heterocycles. The summed E-state index contributed by atoms with van der Waals surface area (Å²) in [5.74, 6) is -0.762. The summed E-state index contributed by atoms with van der Waals surface area (Å²) in [7, 11) is 1.66. The van der Waals surface area contributed by atoms with Crippen LogP contribution in [0.3, 0.4) is 0 Å². The zero-order valence-electron chi connectivity index (χ0n) is 10.5. The van der Waals surface area contributed by atoms with E-state index in [0.29, 0.717) is 13.2 Å². The Labute approximate surface area is 102 Å². The summed E-state index contributed by atoms with van der Waals surface area (Å²) in [6.45, 7) is 3.08. The molecule has 5 nitrogen and oxygen atoms in total. The van der Waals surface area contributed by atoms with Gasteiger partial charge in [-0.1, -0.05) is 0 Å². The minimum Gasteiger partial charge on any atom is -0.481 e. The first-order valence-corrected chi connectivity index (χ1v) is 6.16. The van der Waals surface area contributed by atoms with Gasteiger partial charge in [0.05, 0.1) is 13.0 Å². The molecule has 0 aromatic rings. The van der Waals surface area contributed by atoms with Crippen LogP contribution in [0.1, 0.15) is 25.7 Å². The minimum atomic E-state index is -0.762. The van der Waals surface area contributed by atoms with Gasteiger partial charge in [0.2, 0.25) is 0 Å². The molecule has 0 amide bonds. The Kier molecular flexibility index (Phi) is 5.88. The highest BCUT2D eigenvalue weighted by Gasteiger charge is 2.34. The maximum absolute atomic E-state index is 10.5. The van der Waals surface area contributed by atoms with Crippen molar-refractivity contribution in [1.29, 1.82) is 0 Å². The van der Waals surface area contributed by atoms with E-state index in [0.717, 1.165) is 32.4 Å². The molecule has 1 atom stereocenters. The SMILES string of the molecule is COCCC1(CO)CCCN(CCC(=O)O)C1. The minimum absolute atomic E-state index is 0.104. The largest absolute Gasteiger partial charge is 0.481 e. The molecule has 0 aromatic carbocycles. The topological polar surface area (TPSA) is 70.0 Å². The number of hydrogen-bond donors (Lipinski definition) is 2. The fraction of sp³-hybridized carbons (Fsp3) is 0.917. The van der Waals surface area contributed by atoms with E-state index in [1.807, 2.05) is 0 Å². The van der Waals surface area contributed by atoms with Crippen molar-refractivity contribution in [3.05, 3.63) is 0 Å². The predicted molar refractivity (Wildman–Crippen MR) is 63.9 cm³/mol. The molecule has 2 N–H and O–H groups in total. The zero-order chi connectivity index (χ0) is 12.7. The zero-order valence-corrected chi connectivity index (χ0v) is 10.5. The second-order valence-electron chi connectivity index (χ2n) is 4.92. The highest BCUT2D eigenvalue weighted by molar-refractivity contribution is 5.66.